The van der Waals surface area contributed by atoms with E-state index in [1.807, 2.05) is 29.7 Å². The molecule has 0 aliphatic rings. The van der Waals surface area contributed by atoms with Crippen LogP contribution >= 0.6 is 0 Å². The van der Waals surface area contributed by atoms with E-state index in [-0.39, 0.29) is 6.03 Å². The molecule has 0 atom stereocenters. The number of hydrogen-bond donors (Lipinski definition) is 3. The zero-order valence-corrected chi connectivity index (χ0v) is 8.69. The van der Waals surface area contributed by atoms with Crippen molar-refractivity contribution in [2.24, 2.45) is 5.84 Å². The van der Waals surface area contributed by atoms with Crippen molar-refractivity contribution in [3.05, 3.63) is 36.1 Å². The summed E-state index contributed by atoms with van der Waals surface area (Å²) in [6.07, 6.45) is 2.43. The first-order valence-electron chi connectivity index (χ1n) is 5.01. The number of carbonyl (C=O) groups is 1. The highest BCUT2D eigenvalue weighted by Gasteiger charge is 2.04. The van der Waals surface area contributed by atoms with Crippen molar-refractivity contribution < 1.29 is 9.21 Å². The molecule has 5 heteroatoms. The molecule has 2 aromatic rings. The third-order valence-electron chi connectivity index (χ3n) is 2.37. The minimum absolute atomic E-state index is 0.382. The van der Waals surface area contributed by atoms with Crippen LogP contribution in [0.25, 0.3) is 11.0 Å². The average Bonchev–Trinajstić information content (AvgIpc) is 2.73. The summed E-state index contributed by atoms with van der Waals surface area (Å²) in [4.78, 5) is 10.8. The molecule has 4 N–H and O–H groups in total. The molecule has 0 saturated carbocycles. The van der Waals surface area contributed by atoms with Gasteiger partial charge in [0, 0.05) is 11.9 Å². The third kappa shape index (κ3) is 2.14. The number of hydrogen-bond acceptors (Lipinski definition) is 3. The highest BCUT2D eigenvalue weighted by molar-refractivity contribution is 5.81. The molecule has 0 fully saturated rings. The molecule has 1 heterocycles. The number of amides is 2. The number of hydrazine groups is 1. The zero-order valence-electron chi connectivity index (χ0n) is 8.69. The van der Waals surface area contributed by atoms with E-state index in [0.717, 1.165) is 16.5 Å². The number of furan rings is 1. The Morgan fingerprint density at radius 2 is 2.19 bits per heavy atom. The van der Waals surface area contributed by atoms with Crippen molar-refractivity contribution in [3.63, 3.8) is 0 Å². The summed E-state index contributed by atoms with van der Waals surface area (Å²) < 4.78 is 5.38. The first-order valence-corrected chi connectivity index (χ1v) is 5.01. The number of fused-ring (bicyclic) bond motifs is 1. The van der Waals surface area contributed by atoms with Crippen LogP contribution in [0.4, 0.5) is 4.79 Å². The fourth-order valence-corrected chi connectivity index (χ4v) is 1.59. The number of benzene rings is 1. The molecule has 0 bridgehead atoms. The van der Waals surface area contributed by atoms with Gasteiger partial charge in [0.2, 0.25) is 0 Å². The van der Waals surface area contributed by atoms with E-state index in [1.165, 1.54) is 0 Å². The molecule has 0 aliphatic carbocycles. The fraction of sp³-hybridized carbons (Fsp3) is 0.182. The van der Waals surface area contributed by atoms with Gasteiger partial charge in [0.05, 0.1) is 6.26 Å². The molecular weight excluding hydrogens is 206 g/mol. The number of nitrogens with two attached hydrogens (primary N) is 1. The SMILES string of the molecule is NNC(=O)NCCc1coc2ccccc12. The van der Waals surface area contributed by atoms with Gasteiger partial charge in [-0.1, -0.05) is 18.2 Å². The molecule has 5 nitrogen and oxygen atoms in total. The first-order chi connectivity index (χ1) is 7.81. The van der Waals surface area contributed by atoms with E-state index in [9.17, 15) is 4.79 Å². The lowest BCUT2D eigenvalue weighted by Crippen LogP contribution is -2.40. The molecule has 0 spiro atoms. The Bertz CT molecular complexity index is 493. The summed E-state index contributed by atoms with van der Waals surface area (Å²) in [6.45, 7) is 0.520. The number of nitrogens with one attached hydrogen (secondary N) is 2. The van der Waals surface area contributed by atoms with Crippen LogP contribution in [0.5, 0.6) is 0 Å². The predicted octanol–water partition coefficient (Wildman–Crippen LogP) is 1.15. The zero-order chi connectivity index (χ0) is 11.4. The van der Waals surface area contributed by atoms with Crippen molar-refractivity contribution in [2.45, 2.75) is 6.42 Å². The molecular formula is C11H13N3O2. The maximum Gasteiger partial charge on any atom is 0.328 e. The van der Waals surface area contributed by atoms with Gasteiger partial charge in [0.1, 0.15) is 5.58 Å². The standard InChI is InChI=1S/C11H13N3O2/c12-14-11(15)13-6-5-8-7-16-10-4-2-1-3-9(8)10/h1-4,7H,5-6,12H2,(H2,13,14,15). The Morgan fingerprint density at radius 1 is 1.38 bits per heavy atom. The Balaban J connectivity index is 2.02. The first kappa shape index (κ1) is 10.5. The van der Waals surface area contributed by atoms with Gasteiger partial charge in [-0.3, -0.25) is 5.43 Å². The fourth-order valence-electron chi connectivity index (χ4n) is 1.59. The van der Waals surface area contributed by atoms with Crippen LogP contribution in [0.15, 0.2) is 34.9 Å². The van der Waals surface area contributed by atoms with Gasteiger partial charge in [-0.2, -0.15) is 0 Å². The maximum atomic E-state index is 10.8. The van der Waals surface area contributed by atoms with Crippen molar-refractivity contribution in [1.29, 1.82) is 0 Å². The van der Waals surface area contributed by atoms with Crippen LogP contribution < -0.4 is 16.6 Å². The second-order valence-corrected chi connectivity index (χ2v) is 3.41. The minimum atomic E-state index is -0.382. The average molecular weight is 219 g/mol. The second-order valence-electron chi connectivity index (χ2n) is 3.41. The van der Waals surface area contributed by atoms with Gasteiger partial charge < -0.3 is 9.73 Å². The van der Waals surface area contributed by atoms with Crippen LogP contribution in [-0.2, 0) is 6.42 Å². The molecule has 16 heavy (non-hydrogen) atoms. The van der Waals surface area contributed by atoms with Gasteiger partial charge in [-0.15, -0.1) is 0 Å². The lowest BCUT2D eigenvalue weighted by molar-refractivity contribution is 0.241. The van der Waals surface area contributed by atoms with Gasteiger partial charge in [-0.05, 0) is 18.1 Å². The highest BCUT2D eigenvalue weighted by Crippen LogP contribution is 2.20. The molecule has 84 valence electrons. The van der Waals surface area contributed by atoms with Crippen molar-refractivity contribution in [2.75, 3.05) is 6.54 Å². The van der Waals surface area contributed by atoms with E-state index in [0.29, 0.717) is 13.0 Å². The molecule has 1 aromatic carbocycles. The van der Waals surface area contributed by atoms with Crippen LogP contribution in [-0.4, -0.2) is 12.6 Å². The quantitative estimate of drug-likeness (QED) is 0.411. The molecule has 0 unspecified atom stereocenters. The molecule has 2 amide bonds. The molecule has 0 radical (unpaired) electrons. The van der Waals surface area contributed by atoms with Crippen LogP contribution in [0.1, 0.15) is 5.56 Å². The lowest BCUT2D eigenvalue weighted by Gasteiger charge is -2.02. The molecule has 1 aromatic heterocycles. The summed E-state index contributed by atoms with van der Waals surface area (Å²) >= 11 is 0. The normalized spacial score (nSPS) is 10.3. The van der Waals surface area contributed by atoms with E-state index in [4.69, 9.17) is 10.3 Å². The van der Waals surface area contributed by atoms with Crippen molar-refractivity contribution in [3.8, 4) is 0 Å². The Labute approximate surface area is 92.6 Å². The summed E-state index contributed by atoms with van der Waals surface area (Å²) in [7, 11) is 0. The second kappa shape index (κ2) is 4.67. The van der Waals surface area contributed by atoms with Gasteiger partial charge in [-0.25, -0.2) is 10.6 Å². The Kier molecular flexibility index (Phi) is 3.07. The third-order valence-corrected chi connectivity index (χ3v) is 2.37. The Morgan fingerprint density at radius 3 is 3.00 bits per heavy atom. The highest BCUT2D eigenvalue weighted by atomic mass is 16.3. The van der Waals surface area contributed by atoms with E-state index in [2.05, 4.69) is 5.32 Å². The van der Waals surface area contributed by atoms with E-state index in [1.54, 1.807) is 6.26 Å². The monoisotopic (exact) mass is 219 g/mol. The predicted molar refractivity (Wildman–Crippen MR) is 60.6 cm³/mol. The molecule has 0 saturated heterocycles. The van der Waals surface area contributed by atoms with Gasteiger partial charge in [0.25, 0.3) is 0 Å². The van der Waals surface area contributed by atoms with E-state index < -0.39 is 0 Å². The topological polar surface area (TPSA) is 80.3 Å². The van der Waals surface area contributed by atoms with Crippen molar-refractivity contribution >= 4 is 17.0 Å². The number of urea groups is 1. The van der Waals surface area contributed by atoms with E-state index >= 15 is 0 Å². The van der Waals surface area contributed by atoms with Crippen LogP contribution in [0, 0.1) is 0 Å². The minimum Gasteiger partial charge on any atom is -0.464 e. The van der Waals surface area contributed by atoms with Crippen LogP contribution in [0.2, 0.25) is 0 Å². The summed E-state index contributed by atoms with van der Waals surface area (Å²) in [5.74, 6) is 4.94. The number of carbonyl (C=O) groups excluding carboxylic acids is 1. The largest absolute Gasteiger partial charge is 0.464 e. The lowest BCUT2D eigenvalue weighted by atomic mass is 10.1. The van der Waals surface area contributed by atoms with Gasteiger partial charge in [0.15, 0.2) is 0 Å². The maximum absolute atomic E-state index is 10.8. The van der Waals surface area contributed by atoms with Crippen molar-refractivity contribution in [1.82, 2.24) is 10.7 Å². The molecule has 2 rings (SSSR count). The summed E-state index contributed by atoms with van der Waals surface area (Å²) in [5, 5.41) is 3.70. The van der Waals surface area contributed by atoms with Crippen LogP contribution in [0.3, 0.4) is 0 Å². The Hall–Kier alpha value is -2.01. The molecule has 0 aliphatic heterocycles. The van der Waals surface area contributed by atoms with Gasteiger partial charge >= 0.3 is 6.03 Å². The summed E-state index contributed by atoms with van der Waals surface area (Å²) in [5.41, 5.74) is 3.95. The summed E-state index contributed by atoms with van der Waals surface area (Å²) in [6, 6.07) is 7.42. The number of rotatable bonds is 3. The number of para-hydroxylation sites is 1. The smallest absolute Gasteiger partial charge is 0.328 e.